The Bertz CT molecular complexity index is 819. The van der Waals surface area contributed by atoms with Crippen molar-refractivity contribution in [1.82, 2.24) is 8.87 Å². The highest BCUT2D eigenvalue weighted by Crippen LogP contribution is 2.27. The largest absolute Gasteiger partial charge is 0.598 e. The molecule has 1 aliphatic rings. The van der Waals surface area contributed by atoms with Gasteiger partial charge in [-0.3, -0.25) is 4.79 Å². The number of para-hydroxylation sites is 1. The molecule has 2 heterocycles. The van der Waals surface area contributed by atoms with Gasteiger partial charge in [0.1, 0.15) is 17.9 Å². The van der Waals surface area contributed by atoms with Gasteiger partial charge in [0.25, 0.3) is 5.56 Å². The summed E-state index contributed by atoms with van der Waals surface area (Å²) >= 11 is -0.982. The van der Waals surface area contributed by atoms with Crippen molar-refractivity contribution in [1.29, 1.82) is 5.26 Å². The second-order valence-electron chi connectivity index (χ2n) is 5.36. The number of hydrogen-bond donors (Lipinski definition) is 1. The summed E-state index contributed by atoms with van der Waals surface area (Å²) in [4.78, 5) is 12.3. The third kappa shape index (κ3) is 2.35. The molecule has 0 amide bonds. The first-order chi connectivity index (χ1) is 10.5. The predicted molar refractivity (Wildman–Crippen MR) is 87.0 cm³/mol. The number of anilines is 1. The fourth-order valence-corrected chi connectivity index (χ4v) is 3.47. The van der Waals surface area contributed by atoms with E-state index in [4.69, 9.17) is 0 Å². The molecule has 2 aromatic rings. The van der Waals surface area contributed by atoms with Crippen molar-refractivity contribution in [3.8, 4) is 6.07 Å². The summed E-state index contributed by atoms with van der Waals surface area (Å²) in [5, 5.41) is 13.5. The topological polar surface area (TPSA) is 84.1 Å². The first kappa shape index (κ1) is 14.9. The van der Waals surface area contributed by atoms with Gasteiger partial charge < -0.3 is 14.4 Å². The van der Waals surface area contributed by atoms with E-state index in [2.05, 4.69) is 5.32 Å². The van der Waals surface area contributed by atoms with Crippen molar-refractivity contribution < 1.29 is 4.55 Å². The van der Waals surface area contributed by atoms with Crippen molar-refractivity contribution in [3.05, 3.63) is 40.2 Å². The standard InChI is InChI=1S/C15H16N4O2S/c1-18-13-6-4-3-5-11(13)14(12(7-16)15(18)20)17-10-8-19(9-10)22(2)21/h3-6,10,17H,8-9H2,1-2H3. The van der Waals surface area contributed by atoms with Crippen LogP contribution in [0.5, 0.6) is 0 Å². The van der Waals surface area contributed by atoms with Crippen molar-refractivity contribution in [2.75, 3.05) is 24.7 Å². The second-order valence-corrected chi connectivity index (χ2v) is 6.72. The molecule has 1 aromatic heterocycles. The number of aryl methyl sites for hydroxylation is 1. The molecule has 1 N–H and O–H groups in total. The van der Waals surface area contributed by atoms with Gasteiger partial charge in [0.15, 0.2) is 0 Å². The summed E-state index contributed by atoms with van der Waals surface area (Å²) in [5.74, 6) is 0. The summed E-state index contributed by atoms with van der Waals surface area (Å²) in [6.07, 6.45) is 1.64. The molecule has 7 heteroatoms. The van der Waals surface area contributed by atoms with Crippen LogP contribution in [0.15, 0.2) is 29.1 Å². The van der Waals surface area contributed by atoms with Crippen LogP contribution in [0.4, 0.5) is 5.69 Å². The molecule has 22 heavy (non-hydrogen) atoms. The average molecular weight is 316 g/mol. The lowest BCUT2D eigenvalue weighted by atomic mass is 10.1. The quantitative estimate of drug-likeness (QED) is 0.847. The molecule has 1 aromatic carbocycles. The first-order valence-electron chi connectivity index (χ1n) is 6.89. The Hall–Kier alpha value is -2.01. The van der Waals surface area contributed by atoms with E-state index >= 15 is 0 Å². The van der Waals surface area contributed by atoms with Crippen LogP contribution in [0.1, 0.15) is 5.56 Å². The number of nitrogens with zero attached hydrogens (tertiary/aromatic N) is 3. The molecule has 0 saturated carbocycles. The first-order valence-corrected chi connectivity index (χ1v) is 8.41. The third-order valence-corrected chi connectivity index (χ3v) is 5.00. The number of nitrogens with one attached hydrogen (secondary N) is 1. The maximum absolute atomic E-state index is 12.3. The van der Waals surface area contributed by atoms with Gasteiger partial charge >= 0.3 is 0 Å². The fourth-order valence-electron chi connectivity index (χ4n) is 2.69. The van der Waals surface area contributed by atoms with E-state index in [1.807, 2.05) is 34.6 Å². The number of hydrogen-bond acceptors (Lipinski definition) is 5. The summed E-state index contributed by atoms with van der Waals surface area (Å²) in [5.41, 5.74) is 1.17. The number of pyridine rings is 1. The highest BCUT2D eigenvalue weighted by Gasteiger charge is 2.34. The van der Waals surface area contributed by atoms with Gasteiger partial charge in [-0.15, -0.1) is 4.31 Å². The molecule has 1 saturated heterocycles. The van der Waals surface area contributed by atoms with Gasteiger partial charge in [0, 0.05) is 23.8 Å². The summed E-state index contributed by atoms with van der Waals surface area (Å²) < 4.78 is 14.7. The molecule has 3 rings (SSSR count). The van der Waals surface area contributed by atoms with E-state index in [0.29, 0.717) is 18.8 Å². The monoisotopic (exact) mass is 316 g/mol. The Labute approximate surface area is 131 Å². The second kappa shape index (κ2) is 5.65. The van der Waals surface area contributed by atoms with E-state index < -0.39 is 11.4 Å². The molecule has 1 unspecified atom stereocenters. The molecule has 0 bridgehead atoms. The van der Waals surface area contributed by atoms with E-state index in [9.17, 15) is 14.6 Å². The van der Waals surface area contributed by atoms with Crippen LogP contribution >= 0.6 is 0 Å². The molecular formula is C15H16N4O2S. The third-order valence-electron chi connectivity index (χ3n) is 3.98. The Morgan fingerprint density at radius 1 is 1.41 bits per heavy atom. The lowest BCUT2D eigenvalue weighted by Crippen LogP contribution is -2.56. The predicted octanol–water partition coefficient (Wildman–Crippen LogP) is 0.800. The molecule has 1 aliphatic heterocycles. The lowest BCUT2D eigenvalue weighted by Gasteiger charge is -2.38. The zero-order chi connectivity index (χ0) is 15.9. The van der Waals surface area contributed by atoms with E-state index in [1.54, 1.807) is 13.3 Å². The number of aromatic nitrogens is 1. The smallest absolute Gasteiger partial charge is 0.270 e. The van der Waals surface area contributed by atoms with Crippen LogP contribution in [-0.4, -0.2) is 38.8 Å². The number of benzene rings is 1. The molecular weight excluding hydrogens is 300 g/mol. The van der Waals surface area contributed by atoms with E-state index in [1.165, 1.54) is 4.57 Å². The van der Waals surface area contributed by atoms with Gasteiger partial charge in [-0.2, -0.15) is 5.26 Å². The maximum Gasteiger partial charge on any atom is 0.270 e. The molecule has 0 spiro atoms. The van der Waals surface area contributed by atoms with E-state index in [0.717, 1.165) is 10.9 Å². The zero-order valence-electron chi connectivity index (χ0n) is 12.4. The van der Waals surface area contributed by atoms with Gasteiger partial charge in [-0.05, 0) is 6.07 Å². The molecule has 1 fully saturated rings. The molecule has 6 nitrogen and oxygen atoms in total. The van der Waals surface area contributed by atoms with Crippen molar-refractivity contribution in [2.45, 2.75) is 6.04 Å². The lowest BCUT2D eigenvalue weighted by molar-refractivity contribution is 0.283. The van der Waals surface area contributed by atoms with Crippen LogP contribution in [-0.2, 0) is 18.4 Å². The average Bonchev–Trinajstić information content (AvgIpc) is 2.46. The van der Waals surface area contributed by atoms with Crippen LogP contribution in [0.3, 0.4) is 0 Å². The number of fused-ring (bicyclic) bond motifs is 1. The Morgan fingerprint density at radius 2 is 2.09 bits per heavy atom. The van der Waals surface area contributed by atoms with Crippen LogP contribution in [0.25, 0.3) is 10.9 Å². The Morgan fingerprint density at radius 3 is 2.73 bits per heavy atom. The van der Waals surface area contributed by atoms with Crippen molar-refractivity contribution in [3.63, 3.8) is 0 Å². The molecule has 0 radical (unpaired) electrons. The normalized spacial score (nSPS) is 17.0. The van der Waals surface area contributed by atoms with Gasteiger partial charge in [-0.1, -0.05) is 18.2 Å². The SMILES string of the molecule is Cn1c(=O)c(C#N)c(NC2CN([S+](C)[O-])C2)c2ccccc21. The molecule has 1 atom stereocenters. The summed E-state index contributed by atoms with van der Waals surface area (Å²) in [6.45, 7) is 1.27. The van der Waals surface area contributed by atoms with Gasteiger partial charge in [-0.25, -0.2) is 0 Å². The van der Waals surface area contributed by atoms with Gasteiger partial charge in [0.2, 0.25) is 0 Å². The van der Waals surface area contributed by atoms with E-state index in [-0.39, 0.29) is 17.2 Å². The summed E-state index contributed by atoms with van der Waals surface area (Å²) in [6, 6.07) is 9.60. The highest BCUT2D eigenvalue weighted by molar-refractivity contribution is 7.88. The molecule has 114 valence electrons. The van der Waals surface area contributed by atoms with Crippen LogP contribution in [0.2, 0.25) is 0 Å². The fraction of sp³-hybridized carbons (Fsp3) is 0.333. The minimum Gasteiger partial charge on any atom is -0.598 e. The molecule has 0 aliphatic carbocycles. The number of rotatable bonds is 3. The van der Waals surface area contributed by atoms with Crippen LogP contribution < -0.4 is 10.9 Å². The van der Waals surface area contributed by atoms with Gasteiger partial charge in [0.05, 0.1) is 30.3 Å². The minimum absolute atomic E-state index is 0.0894. The summed E-state index contributed by atoms with van der Waals surface area (Å²) in [7, 11) is 1.67. The zero-order valence-corrected chi connectivity index (χ0v) is 13.2. The van der Waals surface area contributed by atoms with Crippen molar-refractivity contribution >= 4 is 28.0 Å². The maximum atomic E-state index is 12.3. The Balaban J connectivity index is 2.04. The van der Waals surface area contributed by atoms with Crippen LogP contribution in [0, 0.1) is 11.3 Å². The van der Waals surface area contributed by atoms with Crippen molar-refractivity contribution in [2.24, 2.45) is 7.05 Å². The Kier molecular flexibility index (Phi) is 3.83. The minimum atomic E-state index is -0.982. The highest BCUT2D eigenvalue weighted by atomic mass is 32.2. The number of nitriles is 1.